The minimum Gasteiger partial charge on any atom is -0.454 e. The minimum atomic E-state index is -0.161. The van der Waals surface area contributed by atoms with Gasteiger partial charge in [0, 0.05) is 50.9 Å². The number of rotatable bonds is 7. The maximum Gasteiger partial charge on any atom is 0.231 e. The van der Waals surface area contributed by atoms with Crippen LogP contribution in [0.1, 0.15) is 29.2 Å². The van der Waals surface area contributed by atoms with Gasteiger partial charge in [0.05, 0.1) is 18.9 Å². The summed E-state index contributed by atoms with van der Waals surface area (Å²) in [5, 5.41) is 3.09. The van der Waals surface area contributed by atoms with Crippen LogP contribution in [0.4, 0.5) is 0 Å². The first kappa shape index (κ1) is 20.8. The van der Waals surface area contributed by atoms with Gasteiger partial charge in [0.1, 0.15) is 5.65 Å². The molecule has 1 unspecified atom stereocenters. The highest BCUT2D eigenvalue weighted by molar-refractivity contribution is 5.77. The highest BCUT2D eigenvalue weighted by Crippen LogP contribution is 2.37. The van der Waals surface area contributed by atoms with Crippen LogP contribution in [0.15, 0.2) is 42.7 Å². The summed E-state index contributed by atoms with van der Waals surface area (Å²) in [4.78, 5) is 19.8. The van der Waals surface area contributed by atoms with Crippen molar-refractivity contribution in [3.05, 3.63) is 59.5 Å². The van der Waals surface area contributed by atoms with Gasteiger partial charge in [-0.25, -0.2) is 4.98 Å². The van der Waals surface area contributed by atoms with E-state index in [1.165, 1.54) is 0 Å². The smallest absolute Gasteiger partial charge is 0.231 e. The number of ether oxygens (including phenoxy) is 3. The fourth-order valence-electron chi connectivity index (χ4n) is 4.32. The van der Waals surface area contributed by atoms with E-state index in [2.05, 4.69) is 25.7 Å². The third-order valence-electron chi connectivity index (χ3n) is 6.10. The lowest BCUT2D eigenvalue weighted by molar-refractivity contribution is -0.121. The average Bonchev–Trinajstić information content (AvgIpc) is 3.44. The molecule has 1 saturated heterocycles. The van der Waals surface area contributed by atoms with E-state index in [4.69, 9.17) is 14.2 Å². The van der Waals surface area contributed by atoms with E-state index < -0.39 is 0 Å². The van der Waals surface area contributed by atoms with Gasteiger partial charge in [0.15, 0.2) is 11.5 Å². The summed E-state index contributed by atoms with van der Waals surface area (Å²) in [6, 6.07) is 9.99. The SMILES string of the molecule is Cc1ccn2c(C(CC(=O)NCCN3CCOCC3)c3ccc4c(c3)OCO4)cnc2c1. The first-order valence-corrected chi connectivity index (χ1v) is 11.1. The molecule has 8 nitrogen and oxygen atoms in total. The molecule has 2 aromatic heterocycles. The van der Waals surface area contributed by atoms with Crippen molar-refractivity contribution >= 4 is 11.6 Å². The molecule has 3 aromatic rings. The second-order valence-electron chi connectivity index (χ2n) is 8.29. The molecule has 1 amide bonds. The summed E-state index contributed by atoms with van der Waals surface area (Å²) in [7, 11) is 0. The van der Waals surface area contributed by atoms with Gasteiger partial charge in [-0.15, -0.1) is 0 Å². The molecule has 4 heterocycles. The molecule has 0 spiro atoms. The Labute approximate surface area is 187 Å². The largest absolute Gasteiger partial charge is 0.454 e. The number of carbonyl (C=O) groups is 1. The summed E-state index contributed by atoms with van der Waals surface area (Å²) < 4.78 is 18.5. The van der Waals surface area contributed by atoms with Gasteiger partial charge in [0.25, 0.3) is 0 Å². The number of hydrogen-bond acceptors (Lipinski definition) is 6. The summed E-state index contributed by atoms with van der Waals surface area (Å²) in [6.07, 6.45) is 4.21. The molecule has 0 radical (unpaired) electrons. The van der Waals surface area contributed by atoms with Crippen LogP contribution < -0.4 is 14.8 Å². The van der Waals surface area contributed by atoms with Crippen LogP contribution in [-0.2, 0) is 9.53 Å². The first-order chi connectivity index (χ1) is 15.7. The fourth-order valence-corrected chi connectivity index (χ4v) is 4.32. The van der Waals surface area contributed by atoms with E-state index in [0.717, 1.165) is 61.1 Å². The molecule has 8 heteroatoms. The van der Waals surface area contributed by atoms with Crippen LogP contribution in [0.2, 0.25) is 0 Å². The van der Waals surface area contributed by atoms with E-state index >= 15 is 0 Å². The quantitative estimate of drug-likeness (QED) is 0.613. The van der Waals surface area contributed by atoms with Crippen molar-refractivity contribution in [1.29, 1.82) is 0 Å². The lowest BCUT2D eigenvalue weighted by Crippen LogP contribution is -2.41. The van der Waals surface area contributed by atoms with Crippen LogP contribution in [0, 0.1) is 6.92 Å². The van der Waals surface area contributed by atoms with Crippen LogP contribution in [0.25, 0.3) is 5.65 Å². The number of aryl methyl sites for hydroxylation is 1. The van der Waals surface area contributed by atoms with E-state index in [0.29, 0.717) is 18.7 Å². The van der Waals surface area contributed by atoms with Crippen molar-refractivity contribution in [2.24, 2.45) is 0 Å². The number of nitrogens with zero attached hydrogens (tertiary/aromatic N) is 3. The Hall–Kier alpha value is -3.10. The lowest BCUT2D eigenvalue weighted by Gasteiger charge is -2.26. The number of benzene rings is 1. The van der Waals surface area contributed by atoms with Crippen molar-refractivity contribution < 1.29 is 19.0 Å². The summed E-state index contributed by atoms with van der Waals surface area (Å²) in [5.74, 6) is 1.30. The number of hydrogen-bond donors (Lipinski definition) is 1. The Morgan fingerprint density at radius 2 is 2.00 bits per heavy atom. The number of fused-ring (bicyclic) bond motifs is 2. The zero-order valence-electron chi connectivity index (χ0n) is 18.3. The molecule has 2 aliphatic rings. The van der Waals surface area contributed by atoms with Gasteiger partial charge in [-0.2, -0.15) is 0 Å². The number of morpholine rings is 1. The highest BCUT2D eigenvalue weighted by atomic mass is 16.7. The molecule has 2 aliphatic heterocycles. The molecular weight excluding hydrogens is 408 g/mol. The number of pyridine rings is 1. The fraction of sp³-hybridized carbons (Fsp3) is 0.417. The van der Waals surface area contributed by atoms with Crippen LogP contribution >= 0.6 is 0 Å². The molecule has 0 bridgehead atoms. The molecule has 1 N–H and O–H groups in total. The molecule has 5 rings (SSSR count). The average molecular weight is 437 g/mol. The van der Waals surface area contributed by atoms with Crippen LogP contribution in [-0.4, -0.2) is 66.4 Å². The van der Waals surface area contributed by atoms with E-state index in [-0.39, 0.29) is 18.6 Å². The number of carbonyl (C=O) groups excluding carboxylic acids is 1. The molecule has 1 fully saturated rings. The Morgan fingerprint density at radius 1 is 1.16 bits per heavy atom. The summed E-state index contributed by atoms with van der Waals surface area (Å²) >= 11 is 0. The number of amides is 1. The van der Waals surface area contributed by atoms with Crippen molar-refractivity contribution in [3.8, 4) is 11.5 Å². The van der Waals surface area contributed by atoms with Crippen molar-refractivity contribution in [3.63, 3.8) is 0 Å². The van der Waals surface area contributed by atoms with Crippen molar-refractivity contribution in [1.82, 2.24) is 19.6 Å². The normalized spacial score (nSPS) is 16.9. The van der Waals surface area contributed by atoms with E-state index in [1.807, 2.05) is 43.6 Å². The predicted molar refractivity (Wildman–Crippen MR) is 119 cm³/mol. The molecule has 168 valence electrons. The van der Waals surface area contributed by atoms with Gasteiger partial charge in [-0.1, -0.05) is 6.07 Å². The number of nitrogens with one attached hydrogen (secondary N) is 1. The molecule has 32 heavy (non-hydrogen) atoms. The Kier molecular flexibility index (Phi) is 5.96. The second-order valence-corrected chi connectivity index (χ2v) is 8.29. The monoisotopic (exact) mass is 436 g/mol. The number of aromatic nitrogens is 2. The van der Waals surface area contributed by atoms with Crippen molar-refractivity contribution in [2.45, 2.75) is 19.3 Å². The van der Waals surface area contributed by atoms with E-state index in [1.54, 1.807) is 0 Å². The Morgan fingerprint density at radius 3 is 2.88 bits per heavy atom. The molecule has 1 atom stereocenters. The van der Waals surface area contributed by atoms with Crippen LogP contribution in [0.3, 0.4) is 0 Å². The Balaban J connectivity index is 1.36. The van der Waals surface area contributed by atoms with Gasteiger partial charge < -0.3 is 23.9 Å². The summed E-state index contributed by atoms with van der Waals surface area (Å²) in [5.41, 5.74) is 4.00. The van der Waals surface area contributed by atoms with Gasteiger partial charge >= 0.3 is 0 Å². The minimum absolute atomic E-state index is 0.0167. The predicted octanol–water partition coefficient (Wildman–Crippen LogP) is 2.34. The van der Waals surface area contributed by atoms with E-state index in [9.17, 15) is 4.79 Å². The lowest BCUT2D eigenvalue weighted by atomic mass is 9.92. The summed E-state index contributed by atoms with van der Waals surface area (Å²) in [6.45, 7) is 7.07. The standard InChI is InChI=1S/C24H28N4O4/c1-17-4-6-28-20(15-26-23(28)12-17)19(18-2-3-21-22(13-18)32-16-31-21)14-24(29)25-5-7-27-8-10-30-11-9-27/h2-4,6,12-13,15,19H,5,7-11,14,16H2,1H3,(H,25,29). The van der Waals surface area contributed by atoms with Gasteiger partial charge in [-0.05, 0) is 42.3 Å². The van der Waals surface area contributed by atoms with Crippen LogP contribution in [0.5, 0.6) is 11.5 Å². The molecule has 0 saturated carbocycles. The third kappa shape index (κ3) is 4.42. The molecule has 0 aliphatic carbocycles. The third-order valence-corrected chi connectivity index (χ3v) is 6.10. The zero-order chi connectivity index (χ0) is 21.9. The van der Waals surface area contributed by atoms with Crippen molar-refractivity contribution in [2.75, 3.05) is 46.2 Å². The zero-order valence-corrected chi connectivity index (χ0v) is 18.3. The molecular formula is C24H28N4O4. The maximum atomic E-state index is 12.9. The van der Waals surface area contributed by atoms with Gasteiger partial charge in [0.2, 0.25) is 12.7 Å². The number of imidazole rings is 1. The topological polar surface area (TPSA) is 77.3 Å². The Bertz CT molecular complexity index is 1110. The second kappa shape index (κ2) is 9.18. The first-order valence-electron chi connectivity index (χ1n) is 11.1. The highest BCUT2D eigenvalue weighted by Gasteiger charge is 2.24. The van der Waals surface area contributed by atoms with Gasteiger partial charge in [-0.3, -0.25) is 9.69 Å². The maximum absolute atomic E-state index is 12.9. The molecule has 1 aromatic carbocycles.